The molecule has 0 N–H and O–H groups in total. The van der Waals surface area contributed by atoms with Crippen LogP contribution >= 0.6 is 0 Å². The molecule has 0 radical (unpaired) electrons. The monoisotopic (exact) mass is 800 g/mol. The first kappa shape index (κ1) is 35.9. The fourth-order valence-electron chi connectivity index (χ4n) is 12.6. The number of aromatic nitrogens is 1. The van der Waals surface area contributed by atoms with Crippen LogP contribution < -0.4 is 4.90 Å². The van der Waals surface area contributed by atoms with E-state index in [1.807, 2.05) is 6.07 Å². The van der Waals surface area contributed by atoms with E-state index in [9.17, 15) is 0 Å². The predicted octanol–water partition coefficient (Wildman–Crippen LogP) is 16.2. The maximum absolute atomic E-state index is 6.28. The van der Waals surface area contributed by atoms with E-state index < -0.39 is 0 Å². The Kier molecular flexibility index (Phi) is 8.01. The van der Waals surface area contributed by atoms with Crippen LogP contribution in [0.25, 0.3) is 71.7 Å². The van der Waals surface area contributed by atoms with Gasteiger partial charge in [0, 0.05) is 44.2 Å². The summed E-state index contributed by atoms with van der Waals surface area (Å²) in [5.74, 6) is 3.66. The molecule has 3 unspecified atom stereocenters. The van der Waals surface area contributed by atoms with Crippen LogP contribution in [0.4, 0.5) is 17.1 Å². The highest BCUT2D eigenvalue weighted by atomic mass is 16.3. The second-order valence-electron chi connectivity index (χ2n) is 18.8. The average molecular weight is 801 g/mol. The fourth-order valence-corrected chi connectivity index (χ4v) is 12.6. The second-order valence-corrected chi connectivity index (χ2v) is 18.8. The molecule has 2 heterocycles. The van der Waals surface area contributed by atoms with Gasteiger partial charge in [-0.1, -0.05) is 128 Å². The van der Waals surface area contributed by atoms with Crippen molar-refractivity contribution in [3.05, 3.63) is 194 Å². The second kappa shape index (κ2) is 13.8. The maximum atomic E-state index is 6.28. The number of rotatable bonds is 7. The lowest BCUT2D eigenvalue weighted by Gasteiger charge is -2.42. The van der Waals surface area contributed by atoms with Gasteiger partial charge in [0.2, 0.25) is 0 Å². The van der Waals surface area contributed by atoms with Gasteiger partial charge in [-0.2, -0.15) is 0 Å². The van der Waals surface area contributed by atoms with Gasteiger partial charge in [0.15, 0.2) is 0 Å². The molecule has 62 heavy (non-hydrogen) atoms. The smallest absolute Gasteiger partial charge is 0.135 e. The number of furan rings is 1. The maximum Gasteiger partial charge on any atom is 0.135 e. The Morgan fingerprint density at radius 3 is 1.81 bits per heavy atom. The molecule has 3 fully saturated rings. The van der Waals surface area contributed by atoms with Crippen molar-refractivity contribution in [3.63, 3.8) is 0 Å². The number of nitrogens with zero attached hydrogens (tertiary/aromatic N) is 2. The van der Waals surface area contributed by atoms with Crippen molar-refractivity contribution < 1.29 is 4.42 Å². The molecular weight excluding hydrogens is 753 g/mol. The first-order chi connectivity index (χ1) is 30.6. The highest BCUT2D eigenvalue weighted by molar-refractivity contribution is 6.10. The molecule has 13 rings (SSSR count). The predicted molar refractivity (Wildman–Crippen MR) is 258 cm³/mol. The minimum atomic E-state index is 0.336. The van der Waals surface area contributed by atoms with Crippen molar-refractivity contribution >= 4 is 60.8 Å². The Bertz CT molecular complexity index is 3260. The van der Waals surface area contributed by atoms with E-state index in [0.29, 0.717) is 5.41 Å². The molecule has 0 aliphatic heterocycles. The minimum Gasteiger partial charge on any atom is -0.456 e. The molecule has 5 atom stereocenters. The first-order valence-electron chi connectivity index (χ1n) is 22.7. The van der Waals surface area contributed by atoms with E-state index in [1.165, 1.54) is 87.5 Å². The van der Waals surface area contributed by atoms with E-state index in [-0.39, 0.29) is 0 Å². The molecular formula is C59H48N2O. The van der Waals surface area contributed by atoms with Gasteiger partial charge in [-0.05, 0) is 150 Å². The zero-order chi connectivity index (χ0) is 40.9. The van der Waals surface area contributed by atoms with Gasteiger partial charge < -0.3 is 13.9 Å². The highest BCUT2D eigenvalue weighted by Gasteiger charge is 2.57. The zero-order valence-electron chi connectivity index (χ0n) is 35.0. The summed E-state index contributed by atoms with van der Waals surface area (Å²) in [5, 5.41) is 4.83. The average Bonchev–Trinajstić information content (AvgIpc) is 3.93. The van der Waals surface area contributed by atoms with Crippen molar-refractivity contribution in [2.75, 3.05) is 4.90 Å². The van der Waals surface area contributed by atoms with Crippen LogP contribution in [0.2, 0.25) is 0 Å². The minimum absolute atomic E-state index is 0.336. The van der Waals surface area contributed by atoms with Crippen molar-refractivity contribution in [2.45, 2.75) is 44.4 Å². The number of para-hydroxylation sites is 4. The number of benzene rings is 8. The van der Waals surface area contributed by atoms with Crippen LogP contribution in [0.3, 0.4) is 0 Å². The third-order valence-corrected chi connectivity index (χ3v) is 15.3. The van der Waals surface area contributed by atoms with Crippen LogP contribution in [0.1, 0.15) is 44.6 Å². The molecule has 3 saturated carbocycles. The molecule has 2 aromatic heterocycles. The van der Waals surface area contributed by atoms with E-state index in [1.54, 1.807) is 5.56 Å². The lowest BCUT2D eigenvalue weighted by molar-refractivity contribution is 0.0780. The topological polar surface area (TPSA) is 21.3 Å². The summed E-state index contributed by atoms with van der Waals surface area (Å²) in [6.07, 6.45) is 6.99. The lowest BCUT2D eigenvalue weighted by Crippen LogP contribution is -2.34. The molecule has 3 nitrogen and oxygen atoms in total. The summed E-state index contributed by atoms with van der Waals surface area (Å²) >= 11 is 0. The van der Waals surface area contributed by atoms with Crippen LogP contribution in [0.15, 0.2) is 192 Å². The molecule has 2 bridgehead atoms. The van der Waals surface area contributed by atoms with Gasteiger partial charge >= 0.3 is 0 Å². The largest absolute Gasteiger partial charge is 0.456 e. The SMILES string of the molecule is C[C@H]1CC2C[C@H]3CC(c4ccc(N(c5ccc(-c6ccc(-c7ccccc7-n7c8ccccc8c8ccccc87)cc6)cc5)c5ccc6oc7ccccc7c6c5)cc4)(CC23)C1. The molecule has 10 aromatic rings. The van der Waals surface area contributed by atoms with Gasteiger partial charge in [-0.15, -0.1) is 0 Å². The summed E-state index contributed by atoms with van der Waals surface area (Å²) in [6.45, 7) is 2.51. The first-order valence-corrected chi connectivity index (χ1v) is 22.7. The van der Waals surface area contributed by atoms with Gasteiger partial charge in [0.25, 0.3) is 0 Å². The van der Waals surface area contributed by atoms with Crippen molar-refractivity contribution in [1.29, 1.82) is 0 Å². The Morgan fingerprint density at radius 2 is 1.06 bits per heavy atom. The van der Waals surface area contributed by atoms with Crippen molar-refractivity contribution in [1.82, 2.24) is 4.57 Å². The van der Waals surface area contributed by atoms with E-state index in [4.69, 9.17) is 4.42 Å². The number of hydrogen-bond donors (Lipinski definition) is 0. The summed E-state index contributed by atoms with van der Waals surface area (Å²) in [5.41, 5.74) is 15.6. The number of hydrogen-bond acceptors (Lipinski definition) is 2. The van der Waals surface area contributed by atoms with E-state index in [2.05, 4.69) is 198 Å². The third kappa shape index (κ3) is 5.57. The van der Waals surface area contributed by atoms with Gasteiger partial charge in [-0.3, -0.25) is 0 Å². The molecule has 3 aliphatic rings. The van der Waals surface area contributed by atoms with Crippen LogP contribution in [0.5, 0.6) is 0 Å². The third-order valence-electron chi connectivity index (χ3n) is 15.3. The molecule has 3 heteroatoms. The highest BCUT2D eigenvalue weighted by Crippen LogP contribution is 2.65. The van der Waals surface area contributed by atoms with Crippen molar-refractivity contribution in [3.8, 4) is 27.9 Å². The normalized spacial score (nSPS) is 21.7. The number of fused-ring (bicyclic) bond motifs is 7. The Morgan fingerprint density at radius 1 is 0.484 bits per heavy atom. The summed E-state index contributed by atoms with van der Waals surface area (Å²) in [7, 11) is 0. The summed E-state index contributed by atoms with van der Waals surface area (Å²) in [6, 6.07) is 69.2. The van der Waals surface area contributed by atoms with Gasteiger partial charge in [-0.25, -0.2) is 0 Å². The summed E-state index contributed by atoms with van der Waals surface area (Å²) < 4.78 is 8.70. The molecule has 0 saturated heterocycles. The van der Waals surface area contributed by atoms with Gasteiger partial charge in [0.05, 0.1) is 16.7 Å². The quantitative estimate of drug-likeness (QED) is 0.160. The fraction of sp³-hybridized carbons (Fsp3) is 0.186. The van der Waals surface area contributed by atoms with Crippen LogP contribution in [0, 0.1) is 23.7 Å². The molecule has 8 aromatic carbocycles. The molecule has 0 amide bonds. The Hall–Kier alpha value is -6.84. The summed E-state index contributed by atoms with van der Waals surface area (Å²) in [4.78, 5) is 2.42. The molecule has 0 spiro atoms. The Labute approximate surface area is 362 Å². The Balaban J connectivity index is 0.854. The van der Waals surface area contributed by atoms with Crippen molar-refractivity contribution in [2.24, 2.45) is 23.7 Å². The van der Waals surface area contributed by atoms with E-state index >= 15 is 0 Å². The standard InChI is InChI=1S/C59H48N2O/c1-38-32-42-33-43-36-59(35-38,37-53(42)43)44-24-28-46(29-25-44)60(47-30-31-58-52(34-47)51-13-5-9-17-57(51)62-58)45-26-22-40(23-27-45)39-18-20-41(21-19-39)48-10-2-6-14-54(48)61-55-15-7-3-11-49(55)50-12-4-8-16-56(50)61/h2-31,34,38,42-43,53H,32-33,35-37H2,1H3/t38-,42?,43-,53?,59?/m0/s1. The molecule has 3 aliphatic carbocycles. The zero-order valence-corrected chi connectivity index (χ0v) is 35.0. The molecule has 300 valence electrons. The van der Waals surface area contributed by atoms with Crippen LogP contribution in [-0.4, -0.2) is 4.57 Å². The van der Waals surface area contributed by atoms with Crippen LogP contribution in [-0.2, 0) is 5.41 Å². The van der Waals surface area contributed by atoms with E-state index in [0.717, 1.165) is 57.0 Å². The lowest BCUT2D eigenvalue weighted by atomic mass is 9.63. The van der Waals surface area contributed by atoms with Gasteiger partial charge in [0.1, 0.15) is 11.2 Å². The number of anilines is 3.